The Hall–Kier alpha value is -0.250. The second-order valence-electron chi connectivity index (χ2n) is 5.59. The number of halogens is 3. The van der Waals surface area contributed by atoms with Crippen molar-refractivity contribution >= 4 is 0 Å². The summed E-state index contributed by atoms with van der Waals surface area (Å²) in [5, 5.41) is 9.88. The van der Waals surface area contributed by atoms with Gasteiger partial charge < -0.3 is 5.11 Å². The second kappa shape index (κ2) is 3.65. The first-order valence-electron chi connectivity index (χ1n) is 5.38. The summed E-state index contributed by atoms with van der Waals surface area (Å²) in [6.07, 6.45) is -2.97. The molecule has 1 N–H and O–H groups in total. The number of rotatable bonds is 0. The van der Waals surface area contributed by atoms with Crippen LogP contribution in [0.2, 0.25) is 0 Å². The lowest BCUT2D eigenvalue weighted by Gasteiger charge is -2.47. The van der Waals surface area contributed by atoms with Crippen LogP contribution in [0.25, 0.3) is 0 Å². The maximum atomic E-state index is 12.9. The van der Waals surface area contributed by atoms with E-state index in [2.05, 4.69) is 0 Å². The van der Waals surface area contributed by atoms with E-state index in [9.17, 15) is 18.3 Å². The lowest BCUT2D eigenvalue weighted by atomic mass is 9.63. The lowest BCUT2D eigenvalue weighted by molar-refractivity contribution is -0.299. The summed E-state index contributed by atoms with van der Waals surface area (Å²) in [4.78, 5) is 0. The Morgan fingerprint density at radius 1 is 1.13 bits per heavy atom. The third kappa shape index (κ3) is 2.30. The fourth-order valence-corrected chi connectivity index (χ4v) is 2.64. The van der Waals surface area contributed by atoms with Crippen molar-refractivity contribution in [3.8, 4) is 0 Å². The van der Waals surface area contributed by atoms with Gasteiger partial charge in [0.05, 0.1) is 0 Å². The number of aliphatic hydroxyl groups is 1. The molecular weight excluding hydrogens is 205 g/mol. The molecule has 2 unspecified atom stereocenters. The van der Waals surface area contributed by atoms with Gasteiger partial charge in [0.1, 0.15) is 0 Å². The predicted octanol–water partition coefficient (Wildman–Crippen LogP) is 3.52. The van der Waals surface area contributed by atoms with Crippen molar-refractivity contribution in [1.29, 1.82) is 0 Å². The van der Waals surface area contributed by atoms with Crippen molar-refractivity contribution in [3.63, 3.8) is 0 Å². The Morgan fingerprint density at radius 3 is 2.00 bits per heavy atom. The van der Waals surface area contributed by atoms with E-state index < -0.39 is 23.1 Å². The van der Waals surface area contributed by atoms with E-state index in [0.717, 1.165) is 6.42 Å². The minimum atomic E-state index is -4.51. The normalized spacial score (nSPS) is 34.2. The van der Waals surface area contributed by atoms with Crippen molar-refractivity contribution in [2.24, 2.45) is 11.3 Å². The van der Waals surface area contributed by atoms with E-state index in [-0.39, 0.29) is 6.42 Å². The highest BCUT2D eigenvalue weighted by Gasteiger charge is 2.61. The number of hydrogen-bond acceptors (Lipinski definition) is 1. The zero-order valence-corrected chi connectivity index (χ0v) is 9.49. The molecule has 0 saturated heterocycles. The Labute approximate surface area is 88.7 Å². The van der Waals surface area contributed by atoms with Gasteiger partial charge in [-0.05, 0) is 18.3 Å². The van der Waals surface area contributed by atoms with E-state index in [0.29, 0.717) is 12.8 Å². The molecule has 0 aromatic carbocycles. The van der Waals surface area contributed by atoms with Gasteiger partial charge in [-0.3, -0.25) is 0 Å². The molecule has 2 atom stereocenters. The van der Waals surface area contributed by atoms with Crippen LogP contribution in [0.1, 0.15) is 46.5 Å². The Morgan fingerprint density at radius 2 is 1.67 bits per heavy atom. The monoisotopic (exact) mass is 224 g/mol. The third-order valence-corrected chi connectivity index (χ3v) is 3.41. The molecule has 1 saturated carbocycles. The molecule has 1 fully saturated rings. The average molecular weight is 224 g/mol. The van der Waals surface area contributed by atoms with Crippen molar-refractivity contribution in [1.82, 2.24) is 0 Å². The van der Waals surface area contributed by atoms with Crippen LogP contribution in [0.15, 0.2) is 0 Å². The summed E-state index contributed by atoms with van der Waals surface area (Å²) in [6, 6.07) is 0. The second-order valence-corrected chi connectivity index (χ2v) is 5.59. The van der Waals surface area contributed by atoms with Crippen LogP contribution < -0.4 is 0 Å². The number of alkyl halides is 3. The van der Waals surface area contributed by atoms with Gasteiger partial charge in [0.25, 0.3) is 0 Å². The van der Waals surface area contributed by atoms with Crippen molar-refractivity contribution in [2.45, 2.75) is 58.2 Å². The Bertz CT molecular complexity index is 229. The van der Waals surface area contributed by atoms with Crippen molar-refractivity contribution < 1.29 is 18.3 Å². The summed E-state index contributed by atoms with van der Waals surface area (Å²) in [7, 11) is 0. The standard InChI is InChI=1S/C11H19F3O/c1-9(2,3)8-6-4-5-7-10(8,15)11(12,13)14/h8,15H,4-7H2,1-3H3. The van der Waals surface area contributed by atoms with Crippen molar-refractivity contribution in [3.05, 3.63) is 0 Å². The van der Waals surface area contributed by atoms with E-state index in [4.69, 9.17) is 0 Å². The largest absolute Gasteiger partial charge is 0.417 e. The minimum absolute atomic E-state index is 0.154. The molecule has 15 heavy (non-hydrogen) atoms. The average Bonchev–Trinajstić information content (AvgIpc) is 2.00. The molecule has 0 spiro atoms. The van der Waals surface area contributed by atoms with Crippen molar-refractivity contribution in [2.75, 3.05) is 0 Å². The molecule has 0 radical (unpaired) electrons. The van der Waals surface area contributed by atoms with E-state index >= 15 is 0 Å². The fraction of sp³-hybridized carbons (Fsp3) is 1.00. The smallest absolute Gasteiger partial charge is 0.380 e. The van der Waals surface area contributed by atoms with Crippen LogP contribution in [0, 0.1) is 11.3 Å². The van der Waals surface area contributed by atoms with Gasteiger partial charge in [0, 0.05) is 5.92 Å². The molecule has 0 bridgehead atoms. The topological polar surface area (TPSA) is 20.2 Å². The molecule has 1 aliphatic carbocycles. The summed E-state index contributed by atoms with van der Waals surface area (Å²) < 4.78 is 38.6. The molecule has 1 nitrogen and oxygen atoms in total. The van der Waals surface area contributed by atoms with Gasteiger partial charge in [-0.1, -0.05) is 33.6 Å². The van der Waals surface area contributed by atoms with E-state index in [1.165, 1.54) is 0 Å². The Balaban J connectivity index is 3.02. The van der Waals surface area contributed by atoms with Gasteiger partial charge in [-0.25, -0.2) is 0 Å². The van der Waals surface area contributed by atoms with Crippen LogP contribution in [-0.4, -0.2) is 16.9 Å². The highest BCUT2D eigenvalue weighted by Crippen LogP contribution is 2.51. The van der Waals surface area contributed by atoms with Gasteiger partial charge in [-0.2, -0.15) is 13.2 Å². The van der Waals surface area contributed by atoms with Crippen LogP contribution in [0.3, 0.4) is 0 Å². The summed E-state index contributed by atoms with van der Waals surface area (Å²) >= 11 is 0. The first-order valence-corrected chi connectivity index (χ1v) is 5.38. The highest BCUT2D eigenvalue weighted by molar-refractivity contribution is 5.00. The zero-order valence-electron chi connectivity index (χ0n) is 9.49. The predicted molar refractivity (Wildman–Crippen MR) is 52.4 cm³/mol. The quantitative estimate of drug-likeness (QED) is 0.667. The van der Waals surface area contributed by atoms with Gasteiger partial charge in [0.2, 0.25) is 0 Å². The summed E-state index contributed by atoms with van der Waals surface area (Å²) in [5.41, 5.74) is -2.99. The van der Waals surface area contributed by atoms with Crippen LogP contribution >= 0.6 is 0 Å². The molecule has 4 heteroatoms. The highest BCUT2D eigenvalue weighted by atomic mass is 19.4. The SMILES string of the molecule is CC(C)(C)C1CCCCC1(O)C(F)(F)F. The van der Waals surface area contributed by atoms with Gasteiger partial charge in [0.15, 0.2) is 5.60 Å². The fourth-order valence-electron chi connectivity index (χ4n) is 2.64. The van der Waals surface area contributed by atoms with Crippen LogP contribution in [0.5, 0.6) is 0 Å². The first-order chi connectivity index (χ1) is 6.59. The molecule has 0 heterocycles. The van der Waals surface area contributed by atoms with Gasteiger partial charge in [-0.15, -0.1) is 0 Å². The minimum Gasteiger partial charge on any atom is -0.380 e. The maximum absolute atomic E-state index is 12.9. The van der Waals surface area contributed by atoms with Crippen LogP contribution in [0.4, 0.5) is 13.2 Å². The summed E-state index contributed by atoms with van der Waals surface area (Å²) in [6.45, 7) is 5.29. The van der Waals surface area contributed by atoms with E-state index in [1.807, 2.05) is 0 Å². The molecule has 0 amide bonds. The molecule has 0 aliphatic heterocycles. The van der Waals surface area contributed by atoms with Crippen LogP contribution in [-0.2, 0) is 0 Å². The van der Waals surface area contributed by atoms with Gasteiger partial charge >= 0.3 is 6.18 Å². The molecule has 1 aliphatic rings. The zero-order chi connectivity index (χ0) is 11.9. The first kappa shape index (κ1) is 12.8. The molecule has 90 valence electrons. The molecule has 0 aromatic rings. The lowest BCUT2D eigenvalue weighted by Crippen LogP contribution is -2.56. The summed E-state index contributed by atoms with van der Waals surface area (Å²) in [5.74, 6) is -0.696. The Kier molecular flexibility index (Phi) is 3.12. The molecule has 0 aromatic heterocycles. The molecular formula is C11H19F3O. The number of hydrogen-bond donors (Lipinski definition) is 1. The molecule has 1 rings (SSSR count). The maximum Gasteiger partial charge on any atom is 0.417 e. The van der Waals surface area contributed by atoms with E-state index in [1.54, 1.807) is 20.8 Å². The third-order valence-electron chi connectivity index (χ3n) is 3.41.